The number of thioether (sulfide) groups is 2. The van der Waals surface area contributed by atoms with Crippen LogP contribution in [0.2, 0.25) is 0 Å². The fourth-order valence-corrected chi connectivity index (χ4v) is 7.22. The lowest BCUT2D eigenvalue weighted by Crippen LogP contribution is -2.71. The normalized spacial score (nSPS) is 21.3. The molecule has 2 aromatic rings. The second-order valence-corrected chi connectivity index (χ2v) is 11.8. The van der Waals surface area contributed by atoms with Gasteiger partial charge in [0, 0.05) is 30.1 Å². The van der Waals surface area contributed by atoms with Crippen molar-refractivity contribution >= 4 is 63.7 Å². The molecule has 40 heavy (non-hydrogen) atoms. The van der Waals surface area contributed by atoms with Gasteiger partial charge in [-0.15, -0.1) is 11.8 Å². The molecule has 4 heterocycles. The molecule has 1 aliphatic carbocycles. The Balaban J connectivity index is 1.31. The number of nitrogen functional groups attached to an aromatic ring is 1. The molecule has 2 aliphatic heterocycles. The highest BCUT2D eigenvalue weighted by Gasteiger charge is 2.54. The molecule has 0 aromatic carbocycles. The van der Waals surface area contributed by atoms with Gasteiger partial charge < -0.3 is 21.0 Å². The molecule has 0 radical (unpaired) electrons. The number of β-lactam (4-membered cyclic amide) rings is 1. The molecular formula is C21H23N9O7S3. The van der Waals surface area contributed by atoms with Gasteiger partial charge in [-0.25, -0.2) is 4.79 Å². The molecule has 2 aromatic heterocycles. The van der Waals surface area contributed by atoms with E-state index in [1.807, 2.05) is 0 Å². The summed E-state index contributed by atoms with van der Waals surface area (Å²) in [6.07, 6.45) is 3.46. The number of aryl methyl sites for hydroxylation is 1. The van der Waals surface area contributed by atoms with E-state index in [0.29, 0.717) is 5.57 Å². The van der Waals surface area contributed by atoms with Crippen molar-refractivity contribution in [3.63, 3.8) is 0 Å². The maximum Gasteiger partial charge on any atom is 0.352 e. The molecule has 16 nitrogen and oxygen atoms in total. The lowest BCUT2D eigenvalue weighted by Gasteiger charge is -2.49. The van der Waals surface area contributed by atoms with Crippen LogP contribution in [0.25, 0.3) is 0 Å². The Morgan fingerprint density at radius 2 is 2.02 bits per heavy atom. The van der Waals surface area contributed by atoms with Crippen molar-refractivity contribution in [1.29, 1.82) is 0 Å². The van der Waals surface area contributed by atoms with Crippen molar-refractivity contribution < 1.29 is 24.3 Å². The Kier molecular flexibility index (Phi) is 7.95. The summed E-state index contributed by atoms with van der Waals surface area (Å²) in [4.78, 5) is 75.9. The third kappa shape index (κ3) is 5.48. The number of hydrogen-bond donors (Lipinski definition) is 4. The van der Waals surface area contributed by atoms with Gasteiger partial charge in [0.1, 0.15) is 23.2 Å². The quantitative estimate of drug-likeness (QED) is 0.0889. The number of nitrogens with zero attached hydrogens (tertiary/aromatic N) is 6. The van der Waals surface area contributed by atoms with Crippen molar-refractivity contribution in [3.05, 3.63) is 37.8 Å². The third-order valence-corrected chi connectivity index (χ3v) is 9.32. The van der Waals surface area contributed by atoms with E-state index in [0.717, 1.165) is 53.9 Å². The minimum absolute atomic E-state index is 0.0337. The van der Waals surface area contributed by atoms with E-state index in [1.165, 1.54) is 23.5 Å². The van der Waals surface area contributed by atoms with Crippen LogP contribution in [-0.2, 0) is 26.3 Å². The van der Waals surface area contributed by atoms with Gasteiger partial charge in [-0.1, -0.05) is 16.9 Å². The van der Waals surface area contributed by atoms with Crippen LogP contribution in [0.3, 0.4) is 0 Å². The van der Waals surface area contributed by atoms with E-state index >= 15 is 0 Å². The number of nitrogens with two attached hydrogens (primary N) is 1. The number of fused-ring (bicyclic) bond motifs is 1. The van der Waals surface area contributed by atoms with Crippen molar-refractivity contribution in [3.8, 4) is 0 Å². The van der Waals surface area contributed by atoms with Gasteiger partial charge in [0.05, 0.1) is 0 Å². The number of amides is 2. The molecular weight excluding hydrogens is 586 g/mol. The van der Waals surface area contributed by atoms with Crippen molar-refractivity contribution in [2.45, 2.75) is 48.4 Å². The number of carbonyl (C=O) groups is 3. The van der Waals surface area contributed by atoms with Gasteiger partial charge in [0.2, 0.25) is 11.5 Å². The maximum atomic E-state index is 13.2. The summed E-state index contributed by atoms with van der Waals surface area (Å²) in [5.41, 5.74) is 3.84. The Hall–Kier alpha value is -3.71. The Bertz CT molecular complexity index is 1540. The molecule has 2 fully saturated rings. The summed E-state index contributed by atoms with van der Waals surface area (Å²) in [6, 6.07) is -1.02. The molecule has 3 aliphatic rings. The van der Waals surface area contributed by atoms with Crippen LogP contribution < -0.4 is 22.2 Å². The first-order valence-corrected chi connectivity index (χ1v) is 14.8. The fraction of sp³-hybridized carbons (Fsp3) is 0.476. The van der Waals surface area contributed by atoms with Gasteiger partial charge >= 0.3 is 17.1 Å². The van der Waals surface area contributed by atoms with Crippen LogP contribution in [0.1, 0.15) is 31.5 Å². The molecule has 1 saturated heterocycles. The number of H-pyrrole nitrogens is 1. The smallest absolute Gasteiger partial charge is 0.352 e. The predicted octanol–water partition coefficient (Wildman–Crippen LogP) is -0.903. The van der Waals surface area contributed by atoms with Crippen LogP contribution in [0.15, 0.2) is 31.2 Å². The molecule has 212 valence electrons. The fourth-order valence-electron chi connectivity index (χ4n) is 4.38. The zero-order chi connectivity index (χ0) is 28.6. The zero-order valence-corrected chi connectivity index (χ0v) is 23.3. The summed E-state index contributed by atoms with van der Waals surface area (Å²) in [5, 5.41) is 18.5. The second-order valence-electron chi connectivity index (χ2n) is 9.01. The third-order valence-electron chi connectivity index (χ3n) is 6.32. The van der Waals surface area contributed by atoms with Crippen LogP contribution >= 0.6 is 35.1 Å². The molecule has 5 N–H and O–H groups in total. The Morgan fingerprint density at radius 1 is 1.27 bits per heavy atom. The average Bonchev–Trinajstić information content (AvgIpc) is 3.60. The van der Waals surface area contributed by atoms with E-state index in [-0.39, 0.29) is 45.1 Å². The first-order valence-electron chi connectivity index (χ1n) is 12.0. The number of hydrogen-bond acceptors (Lipinski definition) is 14. The van der Waals surface area contributed by atoms with Gasteiger partial charge in [0.15, 0.2) is 10.3 Å². The average molecular weight is 610 g/mol. The summed E-state index contributed by atoms with van der Waals surface area (Å²) in [7, 11) is 1.49. The summed E-state index contributed by atoms with van der Waals surface area (Å²) < 4.78 is 5.30. The first-order chi connectivity index (χ1) is 19.1. The predicted molar refractivity (Wildman–Crippen MR) is 145 cm³/mol. The number of anilines is 1. The Labute approximate surface area is 237 Å². The van der Waals surface area contributed by atoms with E-state index in [9.17, 15) is 29.1 Å². The largest absolute Gasteiger partial charge is 0.477 e. The monoisotopic (exact) mass is 609 g/mol. The number of carboxylic acid groups (broad SMARTS) is 1. The molecule has 0 bridgehead atoms. The van der Waals surface area contributed by atoms with Crippen LogP contribution in [-0.4, -0.2) is 86.6 Å². The van der Waals surface area contributed by atoms with Gasteiger partial charge in [-0.05, 0) is 31.3 Å². The number of carboxylic acids is 1. The van der Waals surface area contributed by atoms with Crippen molar-refractivity contribution in [1.82, 2.24) is 34.3 Å². The lowest BCUT2D eigenvalue weighted by atomic mass is 10.0. The molecule has 2 amide bonds. The standard InChI is InChI=1S/C21H23N9O7S3/c1-29-21(25-15(32)16(33)26-29)39-7-8-6-38-18-11(17(34)30(18)12(8)19(35)36)23-14(31)10(13-24-20(22)40-28-13)27-37-9-4-2-3-5-9/h9,11,18H,2-7H2,1H3,(H,23,31)(H,26,33)(H,35,36)(H2,22,24,28)/t11-,18-/m0/s1. The van der Waals surface area contributed by atoms with Gasteiger partial charge in [0.25, 0.3) is 11.8 Å². The van der Waals surface area contributed by atoms with E-state index in [2.05, 4.69) is 29.9 Å². The Morgan fingerprint density at radius 3 is 2.70 bits per heavy atom. The van der Waals surface area contributed by atoms with Crippen molar-refractivity contribution in [2.24, 2.45) is 12.2 Å². The van der Waals surface area contributed by atoms with Gasteiger partial charge in [-0.3, -0.25) is 33.9 Å². The van der Waals surface area contributed by atoms with Gasteiger partial charge in [-0.2, -0.15) is 14.3 Å². The topological polar surface area (TPSA) is 228 Å². The van der Waals surface area contributed by atoms with Crippen LogP contribution in [0.5, 0.6) is 0 Å². The number of carbonyl (C=O) groups excluding carboxylic acids is 2. The number of oxime groups is 1. The van der Waals surface area contributed by atoms with Crippen molar-refractivity contribution in [2.75, 3.05) is 17.2 Å². The summed E-state index contributed by atoms with van der Waals surface area (Å²) in [6.45, 7) is 0. The minimum Gasteiger partial charge on any atom is -0.477 e. The summed E-state index contributed by atoms with van der Waals surface area (Å²) >= 11 is 3.20. The molecule has 2 atom stereocenters. The first kappa shape index (κ1) is 27.8. The summed E-state index contributed by atoms with van der Waals surface area (Å²) in [5.74, 6) is -2.36. The van der Waals surface area contributed by atoms with E-state index in [4.69, 9.17) is 10.6 Å². The SMILES string of the molecule is Cn1[nH]c(=O)c(=O)nc1SCC1=C(C(=O)O)N2C(=O)[C@H](NC(=O)C(=NOC3CCCC3)c3nsc(N)n3)[C@@H]2SC1. The number of aromatic nitrogens is 5. The molecule has 0 unspecified atom stereocenters. The van der Waals surface area contributed by atoms with E-state index in [1.54, 1.807) is 0 Å². The minimum atomic E-state index is -1.31. The highest BCUT2D eigenvalue weighted by atomic mass is 32.2. The molecule has 19 heteroatoms. The lowest BCUT2D eigenvalue weighted by molar-refractivity contribution is -0.150. The molecule has 1 saturated carbocycles. The molecule has 0 spiro atoms. The second kappa shape index (κ2) is 11.4. The number of aromatic amines is 1. The number of rotatable bonds is 9. The number of nitrogens with one attached hydrogen (secondary N) is 2. The maximum absolute atomic E-state index is 13.2. The van der Waals surface area contributed by atoms with Crippen LogP contribution in [0, 0.1) is 0 Å². The highest BCUT2D eigenvalue weighted by molar-refractivity contribution is 8.01. The zero-order valence-electron chi connectivity index (χ0n) is 20.9. The van der Waals surface area contributed by atoms with E-state index < -0.39 is 40.3 Å². The molecule has 5 rings (SSSR count). The highest BCUT2D eigenvalue weighted by Crippen LogP contribution is 2.41. The van der Waals surface area contributed by atoms with Crippen LogP contribution in [0.4, 0.5) is 5.13 Å². The number of aliphatic carboxylic acids is 1.